The van der Waals surface area contributed by atoms with Crippen LogP contribution in [0.3, 0.4) is 0 Å². The summed E-state index contributed by atoms with van der Waals surface area (Å²) in [6.07, 6.45) is 2.12. The van der Waals surface area contributed by atoms with Crippen LogP contribution in [0.5, 0.6) is 5.75 Å². The highest BCUT2D eigenvalue weighted by molar-refractivity contribution is 5.68. The molecule has 2 aliphatic heterocycles. The van der Waals surface area contributed by atoms with Crippen LogP contribution in [0.15, 0.2) is 24.3 Å². The lowest BCUT2D eigenvalue weighted by Crippen LogP contribution is -2.54. The fourth-order valence-electron chi connectivity index (χ4n) is 3.89. The summed E-state index contributed by atoms with van der Waals surface area (Å²) >= 11 is 0. The normalized spacial score (nSPS) is 22.7. The molecular weight excluding hydrogens is 344 g/mol. The van der Waals surface area contributed by atoms with Crippen molar-refractivity contribution in [3.8, 4) is 5.75 Å². The molecule has 6 nitrogen and oxygen atoms in total. The van der Waals surface area contributed by atoms with Gasteiger partial charge in [-0.3, -0.25) is 0 Å². The average Bonchev–Trinajstić information content (AvgIpc) is 2.60. The first-order valence-corrected chi connectivity index (χ1v) is 9.84. The minimum absolute atomic E-state index is 0.0139. The molecule has 2 aliphatic rings. The van der Waals surface area contributed by atoms with Crippen LogP contribution in [0.25, 0.3) is 0 Å². The fourth-order valence-corrected chi connectivity index (χ4v) is 3.89. The Morgan fingerprint density at radius 3 is 2.67 bits per heavy atom. The molecule has 1 aromatic carbocycles. The molecule has 6 heteroatoms. The zero-order valence-corrected chi connectivity index (χ0v) is 16.8. The molecule has 0 aliphatic carbocycles. The molecule has 0 saturated carbocycles. The number of carbonyl (C=O) groups is 1. The molecule has 2 N–H and O–H groups in total. The number of nitrogens with zero attached hydrogens (tertiary/aromatic N) is 1. The largest absolute Gasteiger partial charge is 0.487 e. The molecule has 0 radical (unpaired) electrons. The zero-order valence-electron chi connectivity index (χ0n) is 16.8. The Hall–Kier alpha value is -1.79. The van der Waals surface area contributed by atoms with Gasteiger partial charge in [0, 0.05) is 50.0 Å². The van der Waals surface area contributed by atoms with Crippen molar-refractivity contribution in [2.75, 3.05) is 19.7 Å². The van der Waals surface area contributed by atoms with E-state index >= 15 is 0 Å². The van der Waals surface area contributed by atoms with Crippen molar-refractivity contribution in [3.05, 3.63) is 29.8 Å². The van der Waals surface area contributed by atoms with Crippen LogP contribution < -0.4 is 10.1 Å². The first kappa shape index (κ1) is 20.0. The standard InChI is InChI=1S/C21H32N2O4/c1-15(14-24)22-17-13-21(26-18-8-6-5-7-16(17)18)9-11-23(12-10-21)19(25)27-20(2,3)4/h5-8,15,17,22,24H,9-14H2,1-4H3/t15-,17?/m1/s1. The maximum Gasteiger partial charge on any atom is 0.410 e. The van der Waals surface area contributed by atoms with E-state index in [9.17, 15) is 9.90 Å². The van der Waals surface area contributed by atoms with Crippen molar-refractivity contribution in [1.82, 2.24) is 10.2 Å². The Morgan fingerprint density at radius 2 is 2.04 bits per heavy atom. The number of nitrogens with one attached hydrogen (secondary N) is 1. The van der Waals surface area contributed by atoms with Gasteiger partial charge in [-0.1, -0.05) is 18.2 Å². The van der Waals surface area contributed by atoms with Crippen molar-refractivity contribution < 1.29 is 19.4 Å². The third kappa shape index (κ3) is 4.74. The van der Waals surface area contributed by atoms with E-state index in [1.165, 1.54) is 0 Å². The summed E-state index contributed by atoms with van der Waals surface area (Å²) in [5, 5.41) is 13.0. The highest BCUT2D eigenvalue weighted by Gasteiger charge is 2.44. The molecule has 2 heterocycles. The monoisotopic (exact) mass is 376 g/mol. The van der Waals surface area contributed by atoms with E-state index in [0.717, 1.165) is 30.6 Å². The third-order valence-corrected chi connectivity index (χ3v) is 5.28. The first-order chi connectivity index (χ1) is 12.7. The van der Waals surface area contributed by atoms with Gasteiger partial charge >= 0.3 is 6.09 Å². The predicted octanol–water partition coefficient (Wildman–Crippen LogP) is 3.25. The minimum Gasteiger partial charge on any atom is -0.487 e. The number of fused-ring (bicyclic) bond motifs is 1. The lowest BCUT2D eigenvalue weighted by molar-refractivity contribution is -0.0356. The Labute approximate surface area is 161 Å². The maximum absolute atomic E-state index is 12.4. The summed E-state index contributed by atoms with van der Waals surface area (Å²) in [5.74, 6) is 0.900. The van der Waals surface area contributed by atoms with Gasteiger partial charge in [0.1, 0.15) is 17.0 Å². The number of aliphatic hydroxyl groups is 1. The van der Waals surface area contributed by atoms with E-state index < -0.39 is 5.60 Å². The van der Waals surface area contributed by atoms with Gasteiger partial charge in [0.2, 0.25) is 0 Å². The van der Waals surface area contributed by atoms with Crippen LogP contribution in [0.4, 0.5) is 4.79 Å². The van der Waals surface area contributed by atoms with Gasteiger partial charge in [0.05, 0.1) is 6.61 Å². The Morgan fingerprint density at radius 1 is 1.37 bits per heavy atom. The summed E-state index contributed by atoms with van der Waals surface area (Å²) in [4.78, 5) is 14.1. The van der Waals surface area contributed by atoms with Crippen molar-refractivity contribution in [2.24, 2.45) is 0 Å². The number of aliphatic hydroxyl groups excluding tert-OH is 1. The van der Waals surface area contributed by atoms with E-state index in [2.05, 4.69) is 11.4 Å². The number of piperidine rings is 1. The second-order valence-corrected chi connectivity index (χ2v) is 8.80. The molecule has 0 bridgehead atoms. The van der Waals surface area contributed by atoms with Gasteiger partial charge in [0.25, 0.3) is 0 Å². The molecule has 1 spiro atoms. The van der Waals surface area contributed by atoms with Gasteiger partial charge in [0.15, 0.2) is 0 Å². The van der Waals surface area contributed by atoms with Crippen LogP contribution in [0, 0.1) is 0 Å². The third-order valence-electron chi connectivity index (χ3n) is 5.28. The molecule has 1 fully saturated rings. The van der Waals surface area contributed by atoms with Crippen molar-refractivity contribution in [2.45, 2.75) is 70.2 Å². The lowest BCUT2D eigenvalue weighted by atomic mass is 9.80. The average molecular weight is 376 g/mol. The summed E-state index contributed by atoms with van der Waals surface area (Å²) in [6.45, 7) is 8.98. The molecular formula is C21H32N2O4. The second-order valence-electron chi connectivity index (χ2n) is 8.80. The Kier molecular flexibility index (Phi) is 5.68. The molecule has 1 unspecified atom stereocenters. The number of rotatable bonds is 3. The van der Waals surface area contributed by atoms with Crippen LogP contribution in [-0.2, 0) is 4.74 Å². The Balaban J connectivity index is 1.71. The molecule has 150 valence electrons. The highest BCUT2D eigenvalue weighted by Crippen LogP contribution is 2.44. The second kappa shape index (κ2) is 7.68. The number of amides is 1. The molecule has 1 saturated heterocycles. The van der Waals surface area contributed by atoms with E-state index in [1.807, 2.05) is 45.9 Å². The van der Waals surface area contributed by atoms with Gasteiger partial charge in [-0.05, 0) is 33.8 Å². The highest BCUT2D eigenvalue weighted by atomic mass is 16.6. The van der Waals surface area contributed by atoms with E-state index in [0.29, 0.717) is 13.1 Å². The van der Waals surface area contributed by atoms with Crippen LogP contribution >= 0.6 is 0 Å². The topological polar surface area (TPSA) is 71.0 Å². The Bertz CT molecular complexity index is 662. The van der Waals surface area contributed by atoms with Crippen LogP contribution in [0.1, 0.15) is 58.6 Å². The SMILES string of the molecule is C[C@H](CO)NC1CC2(CCN(C(=O)OC(C)(C)C)CC2)Oc2ccccc21. The number of hydrogen-bond donors (Lipinski definition) is 2. The van der Waals surface area contributed by atoms with Crippen LogP contribution in [-0.4, -0.2) is 53.0 Å². The van der Waals surface area contributed by atoms with E-state index in [4.69, 9.17) is 9.47 Å². The molecule has 2 atom stereocenters. The van der Waals surface area contributed by atoms with Crippen molar-refractivity contribution in [1.29, 1.82) is 0 Å². The number of para-hydroxylation sites is 1. The quantitative estimate of drug-likeness (QED) is 0.847. The molecule has 1 amide bonds. The first-order valence-electron chi connectivity index (χ1n) is 9.84. The van der Waals surface area contributed by atoms with Crippen LogP contribution in [0.2, 0.25) is 0 Å². The summed E-state index contributed by atoms with van der Waals surface area (Å²) in [5.41, 5.74) is 0.361. The van der Waals surface area contributed by atoms with Gasteiger partial charge < -0.3 is 24.8 Å². The molecule has 27 heavy (non-hydrogen) atoms. The smallest absolute Gasteiger partial charge is 0.410 e. The zero-order chi connectivity index (χ0) is 19.7. The summed E-state index contributed by atoms with van der Waals surface area (Å²) < 4.78 is 12.0. The summed E-state index contributed by atoms with van der Waals surface area (Å²) in [7, 11) is 0. The number of ether oxygens (including phenoxy) is 2. The fraction of sp³-hybridized carbons (Fsp3) is 0.667. The van der Waals surface area contributed by atoms with Crippen molar-refractivity contribution >= 4 is 6.09 Å². The molecule has 0 aromatic heterocycles. The van der Waals surface area contributed by atoms with Crippen molar-refractivity contribution in [3.63, 3.8) is 0 Å². The lowest BCUT2D eigenvalue weighted by Gasteiger charge is -2.47. The van der Waals surface area contributed by atoms with Gasteiger partial charge in [-0.2, -0.15) is 0 Å². The minimum atomic E-state index is -0.484. The van der Waals surface area contributed by atoms with Gasteiger partial charge in [-0.25, -0.2) is 4.79 Å². The number of benzene rings is 1. The van der Waals surface area contributed by atoms with Gasteiger partial charge in [-0.15, -0.1) is 0 Å². The van der Waals surface area contributed by atoms with E-state index in [1.54, 1.807) is 4.90 Å². The number of likely N-dealkylation sites (tertiary alicyclic amines) is 1. The van der Waals surface area contributed by atoms with E-state index in [-0.39, 0.29) is 30.4 Å². The predicted molar refractivity (Wildman–Crippen MR) is 104 cm³/mol. The maximum atomic E-state index is 12.4. The number of carbonyl (C=O) groups excluding carboxylic acids is 1. The number of hydrogen-bond acceptors (Lipinski definition) is 5. The molecule has 1 aromatic rings. The molecule has 3 rings (SSSR count). The summed E-state index contributed by atoms with van der Waals surface area (Å²) in [6, 6.07) is 8.24.